The van der Waals surface area contributed by atoms with E-state index >= 15 is 0 Å². The van der Waals surface area contributed by atoms with Gasteiger partial charge in [-0.1, -0.05) is 0 Å². The second-order valence-electron chi connectivity index (χ2n) is 0.408. The maximum absolute atomic E-state index is 2.04. The average molecular weight is 79.2 g/mol. The first-order valence-corrected chi connectivity index (χ1v) is 2.45. The first-order chi connectivity index (χ1) is 1.41. The second-order valence-corrected chi connectivity index (χ2v) is 1.22. The summed E-state index contributed by atoms with van der Waals surface area (Å²) in [5.74, 6) is 0. The summed E-state index contributed by atoms with van der Waals surface area (Å²) in [4.78, 5) is 0. The van der Waals surface area contributed by atoms with Gasteiger partial charge in [-0.25, -0.2) is 0 Å². The molecule has 0 atom stereocenters. The molecule has 0 aromatic carbocycles. The Bertz CT molecular complexity index is 6.00. The predicted molar refractivity (Wildman–Crippen MR) is 24.5 cm³/mol. The van der Waals surface area contributed by atoms with Crippen molar-refractivity contribution in [3.8, 4) is 0 Å². The number of hydrogen-bond acceptors (Lipinski definition) is 2. The van der Waals surface area contributed by atoms with E-state index in [1.165, 1.54) is 0 Å². The third-order valence-corrected chi connectivity index (χ3v) is 0. The Labute approximate surface area is 31.4 Å². The zero-order valence-corrected chi connectivity index (χ0v) is 3.93. The third-order valence-electron chi connectivity index (χ3n) is 0. The van der Waals surface area contributed by atoms with Gasteiger partial charge < -0.3 is 6.15 Å². The molecule has 0 fully saturated rings. The minimum Gasteiger partial charge on any atom is -0.344 e. The van der Waals surface area contributed by atoms with Crippen LogP contribution in [0.5, 0.6) is 0 Å². The Morgan fingerprint density at radius 3 is 1.25 bits per heavy atom. The maximum Gasteiger partial charge on any atom is -0.0187 e. The third kappa shape index (κ3) is 41.3. The minimum atomic E-state index is 0. The van der Waals surface area contributed by atoms with Crippen LogP contribution in [-0.4, -0.2) is 12.5 Å². The largest absolute Gasteiger partial charge is 0.344 e. The summed E-state index contributed by atoms with van der Waals surface area (Å²) >= 11 is 1.75. The van der Waals surface area contributed by atoms with Gasteiger partial charge in [0.1, 0.15) is 0 Å². The van der Waals surface area contributed by atoms with Crippen LogP contribution in [0.1, 0.15) is 0 Å². The van der Waals surface area contributed by atoms with E-state index in [2.05, 4.69) is 0 Å². The molecule has 0 amide bonds. The number of rotatable bonds is 0. The molecule has 0 aromatic heterocycles. The first kappa shape index (κ1) is 8.85. The fourth-order valence-corrected chi connectivity index (χ4v) is 0. The normalized spacial score (nSPS) is 4.50. The molecule has 1 nitrogen and oxygen atoms in total. The predicted octanol–water partition coefficient (Wildman–Crippen LogP) is 1.14. The molecule has 0 saturated heterocycles. The van der Waals surface area contributed by atoms with Crippen molar-refractivity contribution < 1.29 is 0 Å². The van der Waals surface area contributed by atoms with E-state index in [1.807, 2.05) is 12.5 Å². The maximum atomic E-state index is 2.04. The van der Waals surface area contributed by atoms with Crippen LogP contribution in [0.4, 0.5) is 0 Å². The lowest BCUT2D eigenvalue weighted by Gasteiger charge is -1.51. The molecule has 0 saturated carbocycles. The van der Waals surface area contributed by atoms with Crippen molar-refractivity contribution in [3.63, 3.8) is 0 Å². The van der Waals surface area contributed by atoms with Crippen LogP contribution in [0.2, 0.25) is 0 Å². The van der Waals surface area contributed by atoms with E-state index in [0.717, 1.165) is 0 Å². The van der Waals surface area contributed by atoms with Crippen LogP contribution >= 0.6 is 11.8 Å². The van der Waals surface area contributed by atoms with E-state index in [9.17, 15) is 0 Å². The van der Waals surface area contributed by atoms with Crippen molar-refractivity contribution in [1.82, 2.24) is 6.15 Å². The summed E-state index contributed by atoms with van der Waals surface area (Å²) in [7, 11) is 0. The standard InChI is InChI=1S/C2H6S.H3N/c1-3-2;/h1-2H3;1H3. The van der Waals surface area contributed by atoms with Crippen LogP contribution in [0.3, 0.4) is 0 Å². The van der Waals surface area contributed by atoms with Crippen LogP contribution in [0.15, 0.2) is 0 Å². The second kappa shape index (κ2) is 10.3. The van der Waals surface area contributed by atoms with E-state index in [-0.39, 0.29) is 6.15 Å². The zero-order chi connectivity index (χ0) is 2.71. The molecule has 0 spiro atoms. The highest BCUT2D eigenvalue weighted by molar-refractivity contribution is 7.97. The molecule has 4 heavy (non-hydrogen) atoms. The van der Waals surface area contributed by atoms with Crippen molar-refractivity contribution in [3.05, 3.63) is 0 Å². The molecule has 0 aliphatic heterocycles. The monoisotopic (exact) mass is 79.0 g/mol. The van der Waals surface area contributed by atoms with E-state index < -0.39 is 0 Å². The molecular weight excluding hydrogens is 70.1 g/mol. The van der Waals surface area contributed by atoms with Crippen molar-refractivity contribution in [2.24, 2.45) is 0 Å². The van der Waals surface area contributed by atoms with Crippen molar-refractivity contribution >= 4 is 11.8 Å². The first-order valence-electron chi connectivity index (χ1n) is 0.816. The summed E-state index contributed by atoms with van der Waals surface area (Å²) in [6.07, 6.45) is 4.08. The topological polar surface area (TPSA) is 35.0 Å². The van der Waals surface area contributed by atoms with Gasteiger partial charge in [0.25, 0.3) is 0 Å². The summed E-state index contributed by atoms with van der Waals surface area (Å²) in [5.41, 5.74) is 0. The Balaban J connectivity index is 0. The molecule has 3 N–H and O–H groups in total. The van der Waals surface area contributed by atoms with Crippen LogP contribution < -0.4 is 6.15 Å². The molecule has 28 valence electrons. The Morgan fingerprint density at radius 1 is 1.25 bits per heavy atom. The van der Waals surface area contributed by atoms with Gasteiger partial charge in [-0.2, -0.15) is 11.8 Å². The van der Waals surface area contributed by atoms with Gasteiger partial charge in [-0.3, -0.25) is 0 Å². The zero-order valence-electron chi connectivity index (χ0n) is 3.12. The lowest BCUT2D eigenvalue weighted by Crippen LogP contribution is -1.25. The van der Waals surface area contributed by atoms with Gasteiger partial charge in [0.05, 0.1) is 0 Å². The van der Waals surface area contributed by atoms with Gasteiger partial charge in [0, 0.05) is 0 Å². The fraction of sp³-hybridized carbons (Fsp3) is 1.00. The Morgan fingerprint density at radius 2 is 1.25 bits per heavy atom. The molecule has 0 bridgehead atoms. The molecule has 0 aliphatic rings. The average Bonchev–Trinajstić information content (AvgIpc) is 0.918. The van der Waals surface area contributed by atoms with Crippen molar-refractivity contribution in [2.75, 3.05) is 12.5 Å². The highest BCUT2D eigenvalue weighted by Gasteiger charge is 1.32. The smallest absolute Gasteiger partial charge is 0.0187 e. The SMILES string of the molecule is CSC.N. The number of thioether (sulfide) groups is 1. The van der Waals surface area contributed by atoms with Gasteiger partial charge in [0.15, 0.2) is 0 Å². The molecule has 0 unspecified atom stereocenters. The lowest BCUT2D eigenvalue weighted by molar-refractivity contribution is 2.13. The molecular formula is C2H9NS. The summed E-state index contributed by atoms with van der Waals surface area (Å²) in [6.45, 7) is 0. The highest BCUT2D eigenvalue weighted by atomic mass is 32.2. The molecule has 0 aromatic rings. The minimum absolute atomic E-state index is 0. The molecule has 2 heteroatoms. The molecule has 0 aliphatic carbocycles. The van der Waals surface area contributed by atoms with Gasteiger partial charge >= 0.3 is 0 Å². The molecule has 0 radical (unpaired) electrons. The number of hydrogen-bond donors (Lipinski definition) is 1. The highest BCUT2D eigenvalue weighted by Crippen LogP contribution is 1.70. The van der Waals surface area contributed by atoms with E-state index in [4.69, 9.17) is 0 Å². The molecule has 0 rings (SSSR count). The summed E-state index contributed by atoms with van der Waals surface area (Å²) in [5, 5.41) is 0. The van der Waals surface area contributed by atoms with Gasteiger partial charge in [0.2, 0.25) is 0 Å². The van der Waals surface area contributed by atoms with Crippen LogP contribution in [0.25, 0.3) is 0 Å². The van der Waals surface area contributed by atoms with Crippen molar-refractivity contribution in [1.29, 1.82) is 0 Å². The fourth-order valence-electron chi connectivity index (χ4n) is 0. The molecule has 0 heterocycles. The van der Waals surface area contributed by atoms with E-state index in [0.29, 0.717) is 0 Å². The summed E-state index contributed by atoms with van der Waals surface area (Å²) in [6, 6.07) is 0. The van der Waals surface area contributed by atoms with Crippen LogP contribution in [-0.2, 0) is 0 Å². The van der Waals surface area contributed by atoms with Gasteiger partial charge in [-0.15, -0.1) is 0 Å². The van der Waals surface area contributed by atoms with Crippen molar-refractivity contribution in [2.45, 2.75) is 0 Å². The Hall–Kier alpha value is 0.310. The Kier molecular flexibility index (Phi) is 22.8. The van der Waals surface area contributed by atoms with E-state index in [1.54, 1.807) is 11.8 Å². The lowest BCUT2D eigenvalue weighted by atomic mass is 11.9. The van der Waals surface area contributed by atoms with Crippen LogP contribution in [0, 0.1) is 0 Å². The summed E-state index contributed by atoms with van der Waals surface area (Å²) < 4.78 is 0. The van der Waals surface area contributed by atoms with Gasteiger partial charge in [-0.05, 0) is 12.5 Å². The quantitative estimate of drug-likeness (QED) is 0.472.